The number of amides is 1. The molecule has 1 aromatic rings. The number of nitrogens with zero attached hydrogens (tertiary/aromatic N) is 1. The highest BCUT2D eigenvalue weighted by Crippen LogP contribution is 2.29. The number of anilines is 2. The first-order valence-electron chi connectivity index (χ1n) is 5.99. The normalized spacial score (nSPS) is 14.7. The van der Waals surface area contributed by atoms with Crippen molar-refractivity contribution in [3.05, 3.63) is 23.8 Å². The third-order valence-corrected chi connectivity index (χ3v) is 3.02. The Morgan fingerprint density at radius 3 is 2.94 bits per heavy atom. The monoisotopic (exact) mass is 248 g/mol. The molecule has 0 unspecified atom stereocenters. The van der Waals surface area contributed by atoms with Crippen LogP contribution in [0, 0.1) is 0 Å². The fraction of sp³-hybridized carbons (Fsp3) is 0.385. The number of aliphatic carboxylic acids is 1. The highest BCUT2D eigenvalue weighted by atomic mass is 16.4. The van der Waals surface area contributed by atoms with Crippen molar-refractivity contribution in [2.75, 3.05) is 23.3 Å². The predicted molar refractivity (Wildman–Crippen MR) is 68.9 cm³/mol. The van der Waals surface area contributed by atoms with Crippen molar-refractivity contribution in [1.82, 2.24) is 0 Å². The molecule has 0 saturated carbocycles. The lowest BCUT2D eigenvalue weighted by molar-refractivity contribution is -0.135. The van der Waals surface area contributed by atoms with E-state index in [4.69, 9.17) is 5.11 Å². The summed E-state index contributed by atoms with van der Waals surface area (Å²) in [5, 5.41) is 11.7. The summed E-state index contributed by atoms with van der Waals surface area (Å²) in [6.45, 7) is 2.37. The van der Waals surface area contributed by atoms with Crippen molar-refractivity contribution >= 4 is 23.3 Å². The molecule has 18 heavy (non-hydrogen) atoms. The van der Waals surface area contributed by atoms with E-state index >= 15 is 0 Å². The number of fused-ring (bicyclic) bond motifs is 1. The number of aryl methyl sites for hydroxylation is 1. The maximum absolute atomic E-state index is 11.6. The molecule has 0 bridgehead atoms. The number of hydrogen-bond donors (Lipinski definition) is 2. The van der Waals surface area contributed by atoms with E-state index in [0.29, 0.717) is 18.7 Å². The molecule has 0 saturated heterocycles. The van der Waals surface area contributed by atoms with E-state index in [0.717, 1.165) is 17.7 Å². The Morgan fingerprint density at radius 2 is 2.28 bits per heavy atom. The summed E-state index contributed by atoms with van der Waals surface area (Å²) in [4.78, 5) is 24.2. The van der Waals surface area contributed by atoms with Crippen LogP contribution in [0.5, 0.6) is 0 Å². The average Bonchev–Trinajstić information content (AvgIpc) is 2.48. The second-order valence-corrected chi connectivity index (χ2v) is 4.32. The van der Waals surface area contributed by atoms with Crippen molar-refractivity contribution in [2.45, 2.75) is 19.8 Å². The van der Waals surface area contributed by atoms with E-state index in [1.54, 1.807) is 4.90 Å². The smallest absolute Gasteiger partial charge is 0.323 e. The molecule has 0 radical (unpaired) electrons. The quantitative estimate of drug-likeness (QED) is 0.850. The van der Waals surface area contributed by atoms with Crippen LogP contribution in [0.2, 0.25) is 0 Å². The van der Waals surface area contributed by atoms with Gasteiger partial charge in [0.25, 0.3) is 0 Å². The predicted octanol–water partition coefficient (Wildman–Crippen LogP) is 1.48. The van der Waals surface area contributed by atoms with Gasteiger partial charge in [-0.2, -0.15) is 0 Å². The van der Waals surface area contributed by atoms with E-state index < -0.39 is 5.97 Å². The molecule has 5 heteroatoms. The Hall–Kier alpha value is -2.04. The molecule has 2 rings (SSSR count). The zero-order valence-electron chi connectivity index (χ0n) is 10.3. The lowest BCUT2D eigenvalue weighted by Crippen LogP contribution is -2.30. The van der Waals surface area contributed by atoms with Gasteiger partial charge in [-0.05, 0) is 24.1 Å². The summed E-state index contributed by atoms with van der Waals surface area (Å²) in [7, 11) is 0. The molecule has 0 atom stereocenters. The standard InChI is InChI=1S/C13H16N2O3/c1-2-9-3-4-11-10(7-9)14-12(16)5-6-15(11)8-13(17)18/h3-4,7H,2,5-6,8H2,1H3,(H,14,16)(H,17,18). The van der Waals surface area contributed by atoms with E-state index in [1.165, 1.54) is 0 Å². The first kappa shape index (κ1) is 12.4. The topological polar surface area (TPSA) is 69.6 Å². The van der Waals surface area contributed by atoms with Crippen molar-refractivity contribution in [2.24, 2.45) is 0 Å². The van der Waals surface area contributed by atoms with Gasteiger partial charge in [-0.15, -0.1) is 0 Å². The van der Waals surface area contributed by atoms with Crippen LogP contribution in [0.4, 0.5) is 11.4 Å². The van der Waals surface area contributed by atoms with E-state index in [-0.39, 0.29) is 12.5 Å². The minimum Gasteiger partial charge on any atom is -0.480 e. The highest BCUT2D eigenvalue weighted by molar-refractivity contribution is 5.97. The Balaban J connectivity index is 2.38. The van der Waals surface area contributed by atoms with Gasteiger partial charge in [0.2, 0.25) is 5.91 Å². The molecule has 96 valence electrons. The van der Waals surface area contributed by atoms with Gasteiger partial charge in [-0.1, -0.05) is 13.0 Å². The van der Waals surface area contributed by atoms with Gasteiger partial charge in [0, 0.05) is 13.0 Å². The number of rotatable bonds is 3. The van der Waals surface area contributed by atoms with Crippen LogP contribution in [0.15, 0.2) is 18.2 Å². The zero-order chi connectivity index (χ0) is 13.1. The maximum Gasteiger partial charge on any atom is 0.323 e. The Labute approximate surface area is 105 Å². The molecule has 1 amide bonds. The van der Waals surface area contributed by atoms with Crippen molar-refractivity contribution in [1.29, 1.82) is 0 Å². The van der Waals surface area contributed by atoms with E-state index in [2.05, 4.69) is 5.32 Å². The summed E-state index contributed by atoms with van der Waals surface area (Å²) in [6.07, 6.45) is 1.19. The minimum atomic E-state index is -0.894. The minimum absolute atomic E-state index is 0.0719. The van der Waals surface area contributed by atoms with Gasteiger partial charge < -0.3 is 15.3 Å². The van der Waals surface area contributed by atoms with Crippen LogP contribution in [0.25, 0.3) is 0 Å². The SMILES string of the molecule is CCc1ccc2c(c1)NC(=O)CCN2CC(=O)O. The number of carbonyl (C=O) groups is 2. The van der Waals surface area contributed by atoms with Crippen LogP contribution in [0.1, 0.15) is 18.9 Å². The summed E-state index contributed by atoms with van der Waals surface area (Å²) in [5.74, 6) is -0.966. The maximum atomic E-state index is 11.6. The van der Waals surface area contributed by atoms with Gasteiger partial charge in [0.15, 0.2) is 0 Å². The van der Waals surface area contributed by atoms with Gasteiger partial charge in [0.1, 0.15) is 6.54 Å². The Kier molecular flexibility index (Phi) is 3.50. The Morgan fingerprint density at radius 1 is 1.50 bits per heavy atom. The molecule has 1 aliphatic heterocycles. The van der Waals surface area contributed by atoms with Crippen LogP contribution >= 0.6 is 0 Å². The first-order valence-corrected chi connectivity index (χ1v) is 5.99. The van der Waals surface area contributed by atoms with Crippen molar-refractivity contribution in [3.8, 4) is 0 Å². The third-order valence-electron chi connectivity index (χ3n) is 3.02. The van der Waals surface area contributed by atoms with E-state index in [1.807, 2.05) is 25.1 Å². The van der Waals surface area contributed by atoms with Crippen LogP contribution in [-0.2, 0) is 16.0 Å². The fourth-order valence-electron chi connectivity index (χ4n) is 2.08. The number of carboxylic acid groups (broad SMARTS) is 1. The van der Waals surface area contributed by atoms with Gasteiger partial charge >= 0.3 is 5.97 Å². The van der Waals surface area contributed by atoms with Crippen LogP contribution in [-0.4, -0.2) is 30.1 Å². The summed E-state index contributed by atoms with van der Waals surface area (Å²) in [5.41, 5.74) is 2.60. The number of benzene rings is 1. The van der Waals surface area contributed by atoms with E-state index in [9.17, 15) is 9.59 Å². The summed E-state index contributed by atoms with van der Waals surface area (Å²) in [6, 6.07) is 5.75. The Bertz CT molecular complexity index is 485. The highest BCUT2D eigenvalue weighted by Gasteiger charge is 2.20. The molecule has 2 N–H and O–H groups in total. The summed E-state index contributed by atoms with van der Waals surface area (Å²) < 4.78 is 0. The van der Waals surface area contributed by atoms with Gasteiger partial charge in [0.05, 0.1) is 11.4 Å². The number of nitrogens with one attached hydrogen (secondary N) is 1. The molecule has 0 spiro atoms. The molecule has 0 aliphatic carbocycles. The second kappa shape index (κ2) is 5.08. The summed E-state index contributed by atoms with van der Waals surface area (Å²) >= 11 is 0. The molecule has 1 aromatic carbocycles. The number of carboxylic acids is 1. The lowest BCUT2D eigenvalue weighted by Gasteiger charge is -2.22. The molecular weight excluding hydrogens is 232 g/mol. The first-order chi connectivity index (χ1) is 8.60. The lowest BCUT2D eigenvalue weighted by atomic mass is 10.1. The molecule has 0 fully saturated rings. The van der Waals surface area contributed by atoms with Crippen LogP contribution < -0.4 is 10.2 Å². The van der Waals surface area contributed by atoms with Gasteiger partial charge in [-0.25, -0.2) is 0 Å². The second-order valence-electron chi connectivity index (χ2n) is 4.32. The average molecular weight is 248 g/mol. The number of carbonyl (C=O) groups excluding carboxylic acids is 1. The fourth-order valence-corrected chi connectivity index (χ4v) is 2.08. The third kappa shape index (κ3) is 2.61. The van der Waals surface area contributed by atoms with Gasteiger partial charge in [-0.3, -0.25) is 9.59 Å². The molecule has 5 nitrogen and oxygen atoms in total. The molecular formula is C13H16N2O3. The van der Waals surface area contributed by atoms with Crippen LogP contribution in [0.3, 0.4) is 0 Å². The number of hydrogen-bond acceptors (Lipinski definition) is 3. The molecule has 1 aliphatic rings. The zero-order valence-corrected chi connectivity index (χ0v) is 10.3. The molecule has 1 heterocycles. The molecule has 0 aromatic heterocycles. The largest absolute Gasteiger partial charge is 0.480 e. The van der Waals surface area contributed by atoms with Crippen molar-refractivity contribution in [3.63, 3.8) is 0 Å². The van der Waals surface area contributed by atoms with Crippen molar-refractivity contribution < 1.29 is 14.7 Å².